The Bertz CT molecular complexity index is 605. The summed E-state index contributed by atoms with van der Waals surface area (Å²) in [5, 5.41) is 0. The zero-order valence-electron chi connectivity index (χ0n) is 12.3. The van der Waals surface area contributed by atoms with Crippen LogP contribution in [-0.4, -0.2) is 12.4 Å². The van der Waals surface area contributed by atoms with E-state index in [-0.39, 0.29) is 12.4 Å². The number of rotatable bonds is 6. The van der Waals surface area contributed by atoms with Gasteiger partial charge in [0.2, 0.25) is 0 Å². The Morgan fingerprint density at radius 3 is 2.48 bits per heavy atom. The summed E-state index contributed by atoms with van der Waals surface area (Å²) in [6.07, 6.45) is 1.05. The third kappa shape index (κ3) is 4.30. The normalized spacial score (nSPS) is 12.0. The summed E-state index contributed by atoms with van der Waals surface area (Å²) < 4.78 is 6.87. The standard InChI is InChI=1S/C18H19IO2/c1-3-13(2)16-6-4-5-7-18(16)21-12-17(20)14-8-10-15(19)11-9-14/h4-11,13H,3,12H2,1-2H3. The van der Waals surface area contributed by atoms with Crippen LogP contribution in [0.5, 0.6) is 5.75 Å². The lowest BCUT2D eigenvalue weighted by Crippen LogP contribution is -2.12. The fourth-order valence-electron chi connectivity index (χ4n) is 2.10. The molecule has 2 aromatic carbocycles. The molecule has 0 fully saturated rings. The number of benzene rings is 2. The minimum Gasteiger partial charge on any atom is -0.485 e. The molecular weight excluding hydrogens is 375 g/mol. The number of ketones is 1. The summed E-state index contributed by atoms with van der Waals surface area (Å²) in [4.78, 5) is 12.2. The smallest absolute Gasteiger partial charge is 0.200 e. The number of hydrogen-bond acceptors (Lipinski definition) is 2. The molecule has 3 heteroatoms. The molecule has 0 bridgehead atoms. The Hall–Kier alpha value is -1.36. The number of Topliss-reactive ketones (excluding diaryl/α,β-unsaturated/α-hetero) is 1. The molecule has 1 unspecified atom stereocenters. The van der Waals surface area contributed by atoms with E-state index in [9.17, 15) is 4.79 Å². The van der Waals surface area contributed by atoms with Crippen LogP contribution >= 0.6 is 22.6 Å². The van der Waals surface area contributed by atoms with Crippen LogP contribution in [0.25, 0.3) is 0 Å². The lowest BCUT2D eigenvalue weighted by molar-refractivity contribution is 0.0920. The molecule has 0 saturated heterocycles. The van der Waals surface area contributed by atoms with Crippen molar-refractivity contribution in [2.75, 3.05) is 6.61 Å². The average molecular weight is 394 g/mol. The highest BCUT2D eigenvalue weighted by atomic mass is 127. The summed E-state index contributed by atoms with van der Waals surface area (Å²) in [5.41, 5.74) is 1.85. The van der Waals surface area contributed by atoms with E-state index in [0.29, 0.717) is 11.5 Å². The van der Waals surface area contributed by atoms with Crippen molar-refractivity contribution in [3.63, 3.8) is 0 Å². The maximum absolute atomic E-state index is 12.2. The van der Waals surface area contributed by atoms with Crippen LogP contribution in [0.4, 0.5) is 0 Å². The summed E-state index contributed by atoms with van der Waals surface area (Å²) >= 11 is 2.22. The molecule has 0 aliphatic carbocycles. The van der Waals surface area contributed by atoms with Crippen molar-refractivity contribution < 1.29 is 9.53 Å². The predicted molar refractivity (Wildman–Crippen MR) is 94.1 cm³/mol. The van der Waals surface area contributed by atoms with E-state index in [1.165, 1.54) is 0 Å². The fraction of sp³-hybridized carbons (Fsp3) is 0.278. The van der Waals surface area contributed by atoms with Crippen molar-refractivity contribution in [2.45, 2.75) is 26.2 Å². The van der Waals surface area contributed by atoms with E-state index in [2.05, 4.69) is 42.5 Å². The van der Waals surface area contributed by atoms with E-state index >= 15 is 0 Å². The molecule has 1 atom stereocenters. The van der Waals surface area contributed by atoms with Gasteiger partial charge in [0.1, 0.15) is 5.75 Å². The van der Waals surface area contributed by atoms with Gasteiger partial charge < -0.3 is 4.74 Å². The Balaban J connectivity index is 2.06. The largest absolute Gasteiger partial charge is 0.485 e. The molecule has 0 aliphatic rings. The van der Waals surface area contributed by atoms with E-state index in [4.69, 9.17) is 4.74 Å². The van der Waals surface area contributed by atoms with Crippen LogP contribution in [0.3, 0.4) is 0 Å². The van der Waals surface area contributed by atoms with Crippen molar-refractivity contribution in [1.29, 1.82) is 0 Å². The topological polar surface area (TPSA) is 26.3 Å². The molecular formula is C18H19IO2. The number of halogens is 1. The van der Waals surface area contributed by atoms with Gasteiger partial charge in [0.25, 0.3) is 0 Å². The van der Waals surface area contributed by atoms with Gasteiger partial charge in [-0.15, -0.1) is 0 Å². The first-order valence-corrected chi connectivity index (χ1v) is 8.20. The Kier molecular flexibility index (Phi) is 5.79. The molecule has 2 nitrogen and oxygen atoms in total. The highest BCUT2D eigenvalue weighted by Gasteiger charge is 2.12. The van der Waals surface area contributed by atoms with Gasteiger partial charge in [-0.2, -0.15) is 0 Å². The number of para-hydroxylation sites is 1. The second-order valence-corrected chi connectivity index (χ2v) is 6.31. The van der Waals surface area contributed by atoms with Gasteiger partial charge in [-0.25, -0.2) is 0 Å². The van der Waals surface area contributed by atoms with Crippen LogP contribution in [0.1, 0.15) is 42.1 Å². The second-order valence-electron chi connectivity index (χ2n) is 5.07. The van der Waals surface area contributed by atoms with Gasteiger partial charge in [0.15, 0.2) is 12.4 Å². The molecule has 0 amide bonds. The maximum atomic E-state index is 12.2. The van der Waals surface area contributed by atoms with Crippen molar-refractivity contribution in [2.24, 2.45) is 0 Å². The highest BCUT2D eigenvalue weighted by molar-refractivity contribution is 14.1. The van der Waals surface area contributed by atoms with Crippen molar-refractivity contribution in [3.8, 4) is 5.75 Å². The molecule has 2 rings (SSSR count). The Morgan fingerprint density at radius 2 is 1.81 bits per heavy atom. The second kappa shape index (κ2) is 7.59. The Morgan fingerprint density at radius 1 is 1.14 bits per heavy atom. The third-order valence-corrected chi connectivity index (χ3v) is 4.31. The first-order valence-electron chi connectivity index (χ1n) is 7.12. The van der Waals surface area contributed by atoms with Crippen LogP contribution in [-0.2, 0) is 0 Å². The molecule has 0 aromatic heterocycles. The van der Waals surface area contributed by atoms with Crippen molar-refractivity contribution >= 4 is 28.4 Å². The molecule has 0 radical (unpaired) electrons. The summed E-state index contributed by atoms with van der Waals surface area (Å²) in [5.74, 6) is 1.24. The van der Waals surface area contributed by atoms with Crippen LogP contribution in [0, 0.1) is 3.57 Å². The third-order valence-electron chi connectivity index (χ3n) is 3.59. The minimum absolute atomic E-state index is 0.00496. The molecule has 2 aromatic rings. The van der Waals surface area contributed by atoms with Gasteiger partial charge in [0.05, 0.1) is 0 Å². The Labute approximate surface area is 139 Å². The monoisotopic (exact) mass is 394 g/mol. The van der Waals surface area contributed by atoms with Gasteiger partial charge in [-0.3, -0.25) is 4.79 Å². The molecule has 21 heavy (non-hydrogen) atoms. The van der Waals surface area contributed by atoms with Crippen LogP contribution in [0.2, 0.25) is 0 Å². The SMILES string of the molecule is CCC(C)c1ccccc1OCC(=O)c1ccc(I)cc1. The van der Waals surface area contributed by atoms with Gasteiger partial charge in [0, 0.05) is 9.13 Å². The van der Waals surface area contributed by atoms with Gasteiger partial charge >= 0.3 is 0 Å². The van der Waals surface area contributed by atoms with E-state index in [0.717, 1.165) is 21.3 Å². The molecule has 0 aliphatic heterocycles. The number of carbonyl (C=O) groups is 1. The lowest BCUT2D eigenvalue weighted by Gasteiger charge is -2.15. The number of hydrogen-bond donors (Lipinski definition) is 0. The molecule has 0 heterocycles. The molecule has 0 N–H and O–H groups in total. The molecule has 110 valence electrons. The zero-order valence-corrected chi connectivity index (χ0v) is 14.5. The van der Waals surface area contributed by atoms with Crippen molar-refractivity contribution in [3.05, 3.63) is 63.2 Å². The average Bonchev–Trinajstić information content (AvgIpc) is 2.52. The number of ether oxygens (including phenoxy) is 1. The predicted octanol–water partition coefficient (Wildman–Crippen LogP) is 5.07. The lowest BCUT2D eigenvalue weighted by atomic mass is 9.98. The zero-order chi connectivity index (χ0) is 15.2. The number of carbonyl (C=O) groups excluding carboxylic acids is 1. The van der Waals surface area contributed by atoms with Crippen LogP contribution in [0.15, 0.2) is 48.5 Å². The molecule has 0 saturated carbocycles. The first-order chi connectivity index (χ1) is 10.1. The first kappa shape index (κ1) is 16.0. The summed E-state index contributed by atoms with van der Waals surface area (Å²) in [7, 11) is 0. The summed E-state index contributed by atoms with van der Waals surface area (Å²) in [6.45, 7) is 4.40. The summed E-state index contributed by atoms with van der Waals surface area (Å²) in [6, 6.07) is 15.5. The van der Waals surface area contributed by atoms with E-state index in [1.807, 2.05) is 42.5 Å². The highest BCUT2D eigenvalue weighted by Crippen LogP contribution is 2.28. The van der Waals surface area contributed by atoms with Gasteiger partial charge in [-0.05, 0) is 58.7 Å². The van der Waals surface area contributed by atoms with E-state index in [1.54, 1.807) is 0 Å². The van der Waals surface area contributed by atoms with Crippen molar-refractivity contribution in [1.82, 2.24) is 0 Å². The maximum Gasteiger partial charge on any atom is 0.200 e. The molecule has 0 spiro atoms. The quantitative estimate of drug-likeness (QED) is 0.505. The van der Waals surface area contributed by atoms with Gasteiger partial charge in [-0.1, -0.05) is 44.2 Å². The van der Waals surface area contributed by atoms with Crippen LogP contribution < -0.4 is 4.74 Å². The fourth-order valence-corrected chi connectivity index (χ4v) is 2.46. The minimum atomic E-state index is 0.00496. The van der Waals surface area contributed by atoms with E-state index < -0.39 is 0 Å².